The highest BCUT2D eigenvalue weighted by atomic mass is 79.9. The van der Waals surface area contributed by atoms with Gasteiger partial charge in [0.1, 0.15) is 0 Å². The van der Waals surface area contributed by atoms with Crippen LogP contribution in [-0.2, 0) is 0 Å². The van der Waals surface area contributed by atoms with Crippen molar-refractivity contribution >= 4 is 27.3 Å². The summed E-state index contributed by atoms with van der Waals surface area (Å²) < 4.78 is 2.95. The molecule has 4 heteroatoms. The SMILES string of the molecule is Nc1ccccc1-c1cn2cccc(Br)c2n1. The van der Waals surface area contributed by atoms with E-state index in [1.165, 1.54) is 0 Å². The Morgan fingerprint density at radius 3 is 2.71 bits per heavy atom. The number of fused-ring (bicyclic) bond motifs is 1. The van der Waals surface area contributed by atoms with Crippen LogP contribution in [0.25, 0.3) is 16.9 Å². The Hall–Kier alpha value is -1.81. The zero-order valence-corrected chi connectivity index (χ0v) is 10.6. The first kappa shape index (κ1) is 10.4. The summed E-state index contributed by atoms with van der Waals surface area (Å²) in [5, 5.41) is 0. The van der Waals surface area contributed by atoms with Gasteiger partial charge in [-0.2, -0.15) is 0 Å². The molecule has 0 saturated heterocycles. The first-order valence-electron chi connectivity index (χ1n) is 5.24. The maximum absolute atomic E-state index is 5.95. The molecule has 0 radical (unpaired) electrons. The molecule has 0 aliphatic heterocycles. The molecule has 0 atom stereocenters. The summed E-state index contributed by atoms with van der Waals surface area (Å²) in [6.45, 7) is 0. The standard InChI is InChI=1S/C13H10BrN3/c14-10-5-3-7-17-8-12(16-13(10)17)9-4-1-2-6-11(9)15/h1-8H,15H2. The molecular weight excluding hydrogens is 278 g/mol. The third-order valence-electron chi connectivity index (χ3n) is 2.67. The molecule has 2 N–H and O–H groups in total. The molecule has 84 valence electrons. The van der Waals surface area contributed by atoms with Crippen molar-refractivity contribution in [3.63, 3.8) is 0 Å². The monoisotopic (exact) mass is 287 g/mol. The lowest BCUT2D eigenvalue weighted by Crippen LogP contribution is -1.88. The van der Waals surface area contributed by atoms with Crippen LogP contribution in [0, 0.1) is 0 Å². The number of hydrogen-bond acceptors (Lipinski definition) is 2. The van der Waals surface area contributed by atoms with E-state index in [0.29, 0.717) is 0 Å². The minimum absolute atomic E-state index is 0.743. The smallest absolute Gasteiger partial charge is 0.151 e. The second-order valence-electron chi connectivity index (χ2n) is 3.80. The Kier molecular flexibility index (Phi) is 2.37. The molecule has 0 bridgehead atoms. The fraction of sp³-hybridized carbons (Fsp3) is 0. The molecule has 0 spiro atoms. The molecule has 0 saturated carbocycles. The van der Waals surface area contributed by atoms with Crippen LogP contribution in [0.15, 0.2) is 53.3 Å². The van der Waals surface area contributed by atoms with E-state index in [1.54, 1.807) is 0 Å². The summed E-state index contributed by atoms with van der Waals surface area (Å²) in [7, 11) is 0. The largest absolute Gasteiger partial charge is 0.398 e. The van der Waals surface area contributed by atoms with Gasteiger partial charge in [-0.25, -0.2) is 4.98 Å². The average molecular weight is 288 g/mol. The van der Waals surface area contributed by atoms with Crippen LogP contribution < -0.4 is 5.73 Å². The highest BCUT2D eigenvalue weighted by Gasteiger charge is 2.08. The number of pyridine rings is 1. The van der Waals surface area contributed by atoms with Crippen LogP contribution in [0.3, 0.4) is 0 Å². The molecule has 3 nitrogen and oxygen atoms in total. The molecule has 0 unspecified atom stereocenters. The quantitative estimate of drug-likeness (QED) is 0.698. The van der Waals surface area contributed by atoms with Gasteiger partial charge in [-0.15, -0.1) is 0 Å². The van der Waals surface area contributed by atoms with E-state index >= 15 is 0 Å². The molecule has 0 aliphatic carbocycles. The minimum atomic E-state index is 0.743. The van der Waals surface area contributed by atoms with Crippen LogP contribution in [-0.4, -0.2) is 9.38 Å². The highest BCUT2D eigenvalue weighted by molar-refractivity contribution is 9.10. The van der Waals surface area contributed by atoms with Gasteiger partial charge < -0.3 is 10.1 Å². The van der Waals surface area contributed by atoms with Crippen molar-refractivity contribution in [1.82, 2.24) is 9.38 Å². The second-order valence-corrected chi connectivity index (χ2v) is 4.65. The van der Waals surface area contributed by atoms with Gasteiger partial charge in [-0.05, 0) is 34.1 Å². The number of halogens is 1. The van der Waals surface area contributed by atoms with Gasteiger partial charge in [0.05, 0.1) is 10.2 Å². The lowest BCUT2D eigenvalue weighted by Gasteiger charge is -1.99. The first-order chi connectivity index (χ1) is 8.25. The van der Waals surface area contributed by atoms with Crippen molar-refractivity contribution in [3.05, 3.63) is 53.3 Å². The normalized spacial score (nSPS) is 10.9. The molecule has 2 aromatic heterocycles. The van der Waals surface area contributed by atoms with E-state index in [-0.39, 0.29) is 0 Å². The van der Waals surface area contributed by atoms with E-state index in [9.17, 15) is 0 Å². The topological polar surface area (TPSA) is 43.3 Å². The summed E-state index contributed by atoms with van der Waals surface area (Å²) in [5.74, 6) is 0. The molecule has 0 fully saturated rings. The summed E-state index contributed by atoms with van der Waals surface area (Å²) >= 11 is 3.49. The maximum atomic E-state index is 5.95. The number of para-hydroxylation sites is 1. The third kappa shape index (κ3) is 1.70. The number of rotatable bonds is 1. The van der Waals surface area contributed by atoms with Crippen molar-refractivity contribution in [3.8, 4) is 11.3 Å². The zero-order chi connectivity index (χ0) is 11.8. The fourth-order valence-corrected chi connectivity index (χ4v) is 2.28. The molecule has 17 heavy (non-hydrogen) atoms. The predicted molar refractivity (Wildman–Crippen MR) is 72.7 cm³/mol. The third-order valence-corrected chi connectivity index (χ3v) is 3.29. The summed E-state index contributed by atoms with van der Waals surface area (Å²) in [6.07, 6.45) is 3.95. The van der Waals surface area contributed by atoms with E-state index < -0.39 is 0 Å². The minimum Gasteiger partial charge on any atom is -0.398 e. The summed E-state index contributed by atoms with van der Waals surface area (Å²) in [4.78, 5) is 4.58. The average Bonchev–Trinajstić information content (AvgIpc) is 2.75. The molecule has 1 aromatic carbocycles. The molecule has 2 heterocycles. The van der Waals surface area contributed by atoms with Crippen molar-refractivity contribution in [2.24, 2.45) is 0 Å². The fourth-order valence-electron chi connectivity index (χ4n) is 1.84. The number of benzene rings is 1. The van der Waals surface area contributed by atoms with Gasteiger partial charge in [0.15, 0.2) is 5.65 Å². The summed E-state index contributed by atoms with van der Waals surface area (Å²) in [5.41, 5.74) is 9.43. The number of nitrogens with two attached hydrogens (primary N) is 1. The van der Waals surface area contributed by atoms with Crippen molar-refractivity contribution in [2.45, 2.75) is 0 Å². The Balaban J connectivity index is 2.26. The molecule has 3 aromatic rings. The van der Waals surface area contributed by atoms with E-state index in [4.69, 9.17) is 5.73 Å². The van der Waals surface area contributed by atoms with Gasteiger partial charge in [0.2, 0.25) is 0 Å². The van der Waals surface area contributed by atoms with Gasteiger partial charge >= 0.3 is 0 Å². The van der Waals surface area contributed by atoms with Crippen molar-refractivity contribution in [2.75, 3.05) is 5.73 Å². The Morgan fingerprint density at radius 1 is 1.12 bits per heavy atom. The van der Waals surface area contributed by atoms with Crippen molar-refractivity contribution < 1.29 is 0 Å². The lowest BCUT2D eigenvalue weighted by molar-refractivity contribution is 1.18. The van der Waals surface area contributed by atoms with Crippen LogP contribution >= 0.6 is 15.9 Å². The predicted octanol–water partition coefficient (Wildman–Crippen LogP) is 3.35. The van der Waals surface area contributed by atoms with Gasteiger partial charge in [0.25, 0.3) is 0 Å². The molecule has 0 amide bonds. The number of nitrogens with zero attached hydrogens (tertiary/aromatic N) is 2. The van der Waals surface area contributed by atoms with Gasteiger partial charge in [-0.3, -0.25) is 0 Å². The highest BCUT2D eigenvalue weighted by Crippen LogP contribution is 2.26. The van der Waals surface area contributed by atoms with Crippen LogP contribution in [0.1, 0.15) is 0 Å². The van der Waals surface area contributed by atoms with Crippen LogP contribution in [0.2, 0.25) is 0 Å². The maximum Gasteiger partial charge on any atom is 0.151 e. The number of hydrogen-bond donors (Lipinski definition) is 1. The van der Waals surface area contributed by atoms with Crippen LogP contribution in [0.5, 0.6) is 0 Å². The Labute approximate surface area is 107 Å². The molecule has 0 aliphatic rings. The molecule has 3 rings (SSSR count). The van der Waals surface area contributed by atoms with Gasteiger partial charge in [-0.1, -0.05) is 18.2 Å². The van der Waals surface area contributed by atoms with E-state index in [1.807, 2.05) is 53.2 Å². The Bertz CT molecular complexity index is 688. The number of imidazole rings is 1. The second kappa shape index (κ2) is 3.89. The Morgan fingerprint density at radius 2 is 1.94 bits per heavy atom. The van der Waals surface area contributed by atoms with Crippen molar-refractivity contribution in [1.29, 1.82) is 0 Å². The van der Waals surface area contributed by atoms with Gasteiger partial charge in [0, 0.05) is 23.6 Å². The molecular formula is C13H10BrN3. The number of nitrogen functional groups attached to an aromatic ring is 1. The van der Waals surface area contributed by atoms with Crippen LogP contribution in [0.4, 0.5) is 5.69 Å². The first-order valence-corrected chi connectivity index (χ1v) is 6.03. The van der Waals surface area contributed by atoms with E-state index in [2.05, 4.69) is 20.9 Å². The summed E-state index contributed by atoms with van der Waals surface area (Å²) in [6, 6.07) is 11.7. The zero-order valence-electron chi connectivity index (χ0n) is 8.97. The lowest BCUT2D eigenvalue weighted by atomic mass is 10.1. The number of anilines is 1. The number of aromatic nitrogens is 2. The van der Waals surface area contributed by atoms with E-state index in [0.717, 1.165) is 27.1 Å².